The highest BCUT2D eigenvalue weighted by atomic mass is 35.5. The lowest BCUT2D eigenvalue weighted by molar-refractivity contribution is -0.145. The van der Waals surface area contributed by atoms with Crippen LogP contribution in [0, 0.1) is 5.92 Å². The van der Waals surface area contributed by atoms with E-state index in [0.29, 0.717) is 0 Å². The zero-order chi connectivity index (χ0) is 16.4. The normalized spacial score (nSPS) is 19.2. The highest BCUT2D eigenvalue weighted by Gasteiger charge is 2.43. The van der Waals surface area contributed by atoms with E-state index in [0.717, 1.165) is 38.5 Å². The maximum absolute atomic E-state index is 13.1. The predicted molar refractivity (Wildman–Crippen MR) is 87.3 cm³/mol. The second-order valence-corrected chi connectivity index (χ2v) is 7.87. The van der Waals surface area contributed by atoms with Gasteiger partial charge in [-0.1, -0.05) is 32.1 Å². The lowest BCUT2D eigenvalue weighted by atomic mass is 9.91. The Hall–Kier alpha value is -0.0900. The molecule has 130 valence electrons. The fraction of sp³-hybridized carbons (Fsp3) is 0.933. The summed E-state index contributed by atoms with van der Waals surface area (Å²) in [6, 6.07) is 0. The molecular formula is C15H28ClO5P. The van der Waals surface area contributed by atoms with Crippen LogP contribution in [0.15, 0.2) is 0 Å². The van der Waals surface area contributed by atoms with E-state index in [-0.39, 0.29) is 25.0 Å². The number of carbonyl (C=O) groups excluding carboxylic acids is 1. The largest absolute Gasteiger partial charge is 0.448 e. The Balaban J connectivity index is 2.97. The minimum atomic E-state index is -3.50. The van der Waals surface area contributed by atoms with Crippen molar-refractivity contribution in [1.29, 1.82) is 0 Å². The minimum absolute atomic E-state index is 0.00333. The average molecular weight is 355 g/mol. The summed E-state index contributed by atoms with van der Waals surface area (Å²) in [5.74, 6) is -1.69. The van der Waals surface area contributed by atoms with Crippen LogP contribution in [0.5, 0.6) is 0 Å². The summed E-state index contributed by atoms with van der Waals surface area (Å²) < 4.78 is 29.4. The molecule has 0 spiro atoms. The fourth-order valence-corrected chi connectivity index (χ4v) is 5.11. The standard InChI is InChI=1S/C15H28ClO5P/c1-3-19-22(18,20-4-2)15(21-14(17)12-16)13-10-8-6-5-7-9-11-13/h13,15H,3-12H2,1-2H3. The third-order valence-electron chi connectivity index (χ3n) is 3.84. The molecule has 1 aliphatic rings. The topological polar surface area (TPSA) is 61.8 Å². The fourth-order valence-electron chi connectivity index (χ4n) is 2.90. The summed E-state index contributed by atoms with van der Waals surface area (Å²) >= 11 is 5.55. The summed E-state index contributed by atoms with van der Waals surface area (Å²) in [6.07, 6.45) is 7.35. The molecular weight excluding hydrogens is 327 g/mol. The van der Waals surface area contributed by atoms with Gasteiger partial charge in [0.1, 0.15) is 5.88 Å². The number of rotatable bonds is 8. The molecule has 1 aliphatic carbocycles. The van der Waals surface area contributed by atoms with Gasteiger partial charge < -0.3 is 13.8 Å². The maximum Gasteiger partial charge on any atom is 0.371 e. The smallest absolute Gasteiger partial charge is 0.371 e. The molecule has 0 N–H and O–H groups in total. The third-order valence-corrected chi connectivity index (χ3v) is 6.45. The van der Waals surface area contributed by atoms with Crippen molar-refractivity contribution in [3.05, 3.63) is 0 Å². The molecule has 7 heteroatoms. The van der Waals surface area contributed by atoms with Crippen molar-refractivity contribution in [2.24, 2.45) is 5.92 Å². The van der Waals surface area contributed by atoms with Gasteiger partial charge in [0, 0.05) is 5.92 Å². The van der Waals surface area contributed by atoms with Gasteiger partial charge in [-0.2, -0.15) is 0 Å². The van der Waals surface area contributed by atoms with Gasteiger partial charge in [-0.25, -0.2) is 0 Å². The first-order valence-corrected chi connectivity index (χ1v) is 10.4. The average Bonchev–Trinajstić information content (AvgIpc) is 2.45. The van der Waals surface area contributed by atoms with Crippen molar-refractivity contribution in [3.8, 4) is 0 Å². The van der Waals surface area contributed by atoms with Crippen molar-refractivity contribution in [1.82, 2.24) is 0 Å². The molecule has 0 aromatic heterocycles. The number of hydrogen-bond acceptors (Lipinski definition) is 5. The van der Waals surface area contributed by atoms with Crippen LogP contribution in [-0.2, 0) is 23.1 Å². The predicted octanol–water partition coefficient (Wildman–Crippen LogP) is 4.72. The van der Waals surface area contributed by atoms with Gasteiger partial charge in [0.2, 0.25) is 5.85 Å². The van der Waals surface area contributed by atoms with Crippen molar-refractivity contribution >= 4 is 25.2 Å². The first-order chi connectivity index (χ1) is 10.6. The molecule has 0 radical (unpaired) electrons. The van der Waals surface area contributed by atoms with Gasteiger partial charge in [-0.15, -0.1) is 11.6 Å². The van der Waals surface area contributed by atoms with Crippen LogP contribution < -0.4 is 0 Å². The monoisotopic (exact) mass is 354 g/mol. The van der Waals surface area contributed by atoms with Crippen molar-refractivity contribution in [2.75, 3.05) is 19.1 Å². The molecule has 0 heterocycles. The van der Waals surface area contributed by atoms with Crippen molar-refractivity contribution < 1.29 is 23.1 Å². The quantitative estimate of drug-likeness (QED) is 0.358. The molecule has 22 heavy (non-hydrogen) atoms. The minimum Gasteiger partial charge on any atom is -0.448 e. The first-order valence-electron chi connectivity index (χ1n) is 8.21. The Bertz CT molecular complexity index is 359. The van der Waals surface area contributed by atoms with Gasteiger partial charge in [-0.3, -0.25) is 9.36 Å². The Morgan fingerprint density at radius 2 is 1.59 bits per heavy atom. The van der Waals surface area contributed by atoms with E-state index in [1.54, 1.807) is 13.8 Å². The zero-order valence-electron chi connectivity index (χ0n) is 13.6. The van der Waals surface area contributed by atoms with Gasteiger partial charge in [0.15, 0.2) is 0 Å². The van der Waals surface area contributed by atoms with Gasteiger partial charge in [0.05, 0.1) is 13.2 Å². The van der Waals surface area contributed by atoms with Crippen LogP contribution in [0.2, 0.25) is 0 Å². The van der Waals surface area contributed by atoms with Crippen molar-refractivity contribution in [2.45, 2.75) is 64.6 Å². The van der Waals surface area contributed by atoms with E-state index in [1.807, 2.05) is 0 Å². The molecule has 1 atom stereocenters. The van der Waals surface area contributed by atoms with E-state index in [2.05, 4.69) is 0 Å². The molecule has 1 saturated carbocycles. The molecule has 0 amide bonds. The second-order valence-electron chi connectivity index (χ2n) is 5.49. The van der Waals surface area contributed by atoms with Gasteiger partial charge in [-0.05, 0) is 26.7 Å². The number of esters is 1. The Labute approximate surface area is 138 Å². The highest BCUT2D eigenvalue weighted by molar-refractivity contribution is 7.54. The molecule has 0 saturated heterocycles. The van der Waals surface area contributed by atoms with E-state index in [1.165, 1.54) is 6.42 Å². The molecule has 0 aliphatic heterocycles. The number of hydrogen-bond donors (Lipinski definition) is 0. The summed E-state index contributed by atoms with van der Waals surface area (Å²) in [7, 11) is -3.50. The molecule has 1 rings (SSSR count). The maximum atomic E-state index is 13.1. The Morgan fingerprint density at radius 1 is 1.09 bits per heavy atom. The number of halogens is 1. The summed E-state index contributed by atoms with van der Waals surface area (Å²) in [5, 5.41) is 0. The number of ether oxygens (including phenoxy) is 1. The summed E-state index contributed by atoms with van der Waals surface area (Å²) in [5.41, 5.74) is 0. The van der Waals surface area contributed by atoms with Crippen LogP contribution in [0.4, 0.5) is 0 Å². The number of alkyl halides is 1. The summed E-state index contributed by atoms with van der Waals surface area (Å²) in [6.45, 7) is 4.01. The molecule has 5 nitrogen and oxygen atoms in total. The lowest BCUT2D eigenvalue weighted by Gasteiger charge is -2.32. The SMILES string of the molecule is CCOP(=O)(OCC)C(OC(=O)CCl)C1CCCCCCC1. The van der Waals surface area contributed by atoms with Gasteiger partial charge >= 0.3 is 13.6 Å². The molecule has 0 bridgehead atoms. The summed E-state index contributed by atoms with van der Waals surface area (Å²) in [4.78, 5) is 11.7. The van der Waals surface area contributed by atoms with Crippen LogP contribution in [0.3, 0.4) is 0 Å². The van der Waals surface area contributed by atoms with E-state index in [4.69, 9.17) is 25.4 Å². The molecule has 0 aromatic rings. The zero-order valence-corrected chi connectivity index (χ0v) is 15.2. The van der Waals surface area contributed by atoms with E-state index < -0.39 is 19.4 Å². The Morgan fingerprint density at radius 3 is 2.05 bits per heavy atom. The number of carbonyl (C=O) groups is 1. The van der Waals surface area contributed by atoms with E-state index >= 15 is 0 Å². The van der Waals surface area contributed by atoms with Crippen LogP contribution in [-0.4, -0.2) is 30.9 Å². The Kier molecular flexibility index (Phi) is 9.65. The highest BCUT2D eigenvalue weighted by Crippen LogP contribution is 2.57. The molecule has 1 fully saturated rings. The van der Waals surface area contributed by atoms with Crippen LogP contribution in [0.1, 0.15) is 58.8 Å². The van der Waals surface area contributed by atoms with Crippen LogP contribution >= 0.6 is 19.2 Å². The van der Waals surface area contributed by atoms with E-state index in [9.17, 15) is 9.36 Å². The second kappa shape index (κ2) is 10.6. The van der Waals surface area contributed by atoms with Crippen LogP contribution in [0.25, 0.3) is 0 Å². The molecule has 0 aromatic carbocycles. The first kappa shape index (κ1) is 20.0. The lowest BCUT2D eigenvalue weighted by Crippen LogP contribution is -2.30. The van der Waals surface area contributed by atoms with Crippen molar-refractivity contribution in [3.63, 3.8) is 0 Å². The molecule has 1 unspecified atom stereocenters. The third kappa shape index (κ3) is 6.19. The van der Waals surface area contributed by atoms with Gasteiger partial charge in [0.25, 0.3) is 0 Å².